The minimum absolute atomic E-state index is 0.159. The van der Waals surface area contributed by atoms with Crippen LogP contribution >= 0.6 is 11.6 Å². The van der Waals surface area contributed by atoms with Crippen molar-refractivity contribution in [3.05, 3.63) is 64.6 Å². The normalized spacial score (nSPS) is 14.3. The molecule has 2 amide bonds. The van der Waals surface area contributed by atoms with Gasteiger partial charge < -0.3 is 24.4 Å². The number of rotatable bonds is 9. The topological polar surface area (TPSA) is 152 Å². The molecule has 1 fully saturated rings. The molecule has 1 aliphatic heterocycles. The van der Waals surface area contributed by atoms with Gasteiger partial charge in [-0.1, -0.05) is 32.4 Å². The lowest BCUT2D eigenvalue weighted by atomic mass is 9.86. The van der Waals surface area contributed by atoms with Gasteiger partial charge >= 0.3 is 6.09 Å². The Morgan fingerprint density at radius 3 is 2.23 bits per heavy atom. The molecule has 0 spiro atoms. The largest absolute Gasteiger partial charge is 0.492 e. The molecule has 13 nitrogen and oxygen atoms in total. The first-order valence-electron chi connectivity index (χ1n) is 15.3. The Kier molecular flexibility index (Phi) is 11.1. The van der Waals surface area contributed by atoms with Crippen LogP contribution in [0.25, 0.3) is 0 Å². The Morgan fingerprint density at radius 1 is 0.958 bits per heavy atom. The van der Waals surface area contributed by atoms with Gasteiger partial charge in [0, 0.05) is 44.4 Å². The van der Waals surface area contributed by atoms with Crippen LogP contribution in [0.1, 0.15) is 63.2 Å². The summed E-state index contributed by atoms with van der Waals surface area (Å²) in [5, 5.41) is 3.10. The van der Waals surface area contributed by atoms with E-state index in [0.717, 1.165) is 11.8 Å². The Bertz CT molecular complexity index is 1760. The highest BCUT2D eigenvalue weighted by Crippen LogP contribution is 2.39. The first-order valence-corrected chi connectivity index (χ1v) is 17.6. The molecule has 0 radical (unpaired) electrons. The highest BCUT2D eigenvalue weighted by atomic mass is 35.5. The molecule has 0 bridgehead atoms. The van der Waals surface area contributed by atoms with Crippen LogP contribution in [0, 0.1) is 0 Å². The Morgan fingerprint density at radius 2 is 1.62 bits per heavy atom. The molecule has 2 aromatic carbocycles. The molecule has 48 heavy (non-hydrogen) atoms. The predicted molar refractivity (Wildman–Crippen MR) is 185 cm³/mol. The minimum atomic E-state index is -3.64. The average Bonchev–Trinajstić information content (AvgIpc) is 2.96. The molecule has 1 aromatic heterocycles. The Hall–Kier alpha value is -4.14. The number of anilines is 2. The summed E-state index contributed by atoms with van der Waals surface area (Å²) in [6, 6.07) is 9.70. The molecular weight excluding hydrogens is 660 g/mol. The number of hydrogen-bond donors (Lipinski definition) is 2. The fourth-order valence-corrected chi connectivity index (χ4v) is 5.55. The van der Waals surface area contributed by atoms with Crippen molar-refractivity contribution in [2.75, 3.05) is 49.6 Å². The van der Waals surface area contributed by atoms with Gasteiger partial charge in [0.1, 0.15) is 17.7 Å². The van der Waals surface area contributed by atoms with Crippen LogP contribution in [0.3, 0.4) is 0 Å². The van der Waals surface area contributed by atoms with Crippen molar-refractivity contribution < 1.29 is 32.2 Å². The summed E-state index contributed by atoms with van der Waals surface area (Å²) in [7, 11) is -2.25. The number of ether oxygens (including phenoxy) is 3. The molecule has 3 aromatic rings. The number of carbonyl (C=O) groups excluding carboxylic acids is 2. The van der Waals surface area contributed by atoms with E-state index in [4.69, 9.17) is 25.8 Å². The Balaban J connectivity index is 1.48. The standard InChI is InChI=1S/C33H43ClN6O7S/c1-32(2,3)22-16-25(29(45-7)26(17-22)38-48(8,43)44)37-30(41)21-9-10-24(34)27(15-21)46-28-18-23(35-20-36-28)19-39-11-13-40(14-12-39)31(42)47-33(4,5)6/h9-10,15-18,20,38H,11-14,19H2,1-8H3,(H,37,41). The van der Waals surface area contributed by atoms with E-state index in [0.29, 0.717) is 38.4 Å². The van der Waals surface area contributed by atoms with Gasteiger partial charge in [-0.05, 0) is 62.1 Å². The molecule has 15 heteroatoms. The van der Waals surface area contributed by atoms with E-state index in [1.165, 1.54) is 25.6 Å². The minimum Gasteiger partial charge on any atom is -0.492 e. The van der Waals surface area contributed by atoms with E-state index in [1.54, 1.807) is 29.2 Å². The van der Waals surface area contributed by atoms with E-state index in [9.17, 15) is 18.0 Å². The van der Waals surface area contributed by atoms with E-state index >= 15 is 0 Å². The van der Waals surface area contributed by atoms with Crippen LogP contribution < -0.4 is 19.5 Å². The smallest absolute Gasteiger partial charge is 0.410 e. The summed E-state index contributed by atoms with van der Waals surface area (Å²) in [4.78, 5) is 38.4. The number of benzene rings is 2. The van der Waals surface area contributed by atoms with Crippen molar-refractivity contribution >= 4 is 45.0 Å². The van der Waals surface area contributed by atoms with Gasteiger partial charge in [-0.3, -0.25) is 14.4 Å². The van der Waals surface area contributed by atoms with Crippen molar-refractivity contribution in [3.8, 4) is 17.4 Å². The molecular formula is C33H43ClN6O7S. The van der Waals surface area contributed by atoms with Crippen molar-refractivity contribution in [3.63, 3.8) is 0 Å². The molecule has 0 saturated carbocycles. The van der Waals surface area contributed by atoms with Crippen LogP contribution in [0.5, 0.6) is 17.4 Å². The average molecular weight is 703 g/mol. The SMILES string of the molecule is COc1c(NC(=O)c2ccc(Cl)c(Oc3cc(CN4CCN(C(=O)OC(C)(C)C)CC4)ncn3)c2)cc(C(C)(C)C)cc1NS(C)(=O)=O. The fourth-order valence-electron chi connectivity index (χ4n) is 4.84. The second kappa shape index (κ2) is 14.5. The number of halogens is 1. The maximum Gasteiger partial charge on any atom is 0.410 e. The summed E-state index contributed by atoms with van der Waals surface area (Å²) in [6.45, 7) is 14.3. The fraction of sp³-hybridized carbons (Fsp3) is 0.455. The van der Waals surface area contributed by atoms with Gasteiger partial charge in [0.15, 0.2) is 5.75 Å². The maximum atomic E-state index is 13.5. The quantitative estimate of drug-likeness (QED) is 0.276. The van der Waals surface area contributed by atoms with E-state index in [-0.39, 0.29) is 50.8 Å². The number of methoxy groups -OCH3 is 1. The third-order valence-corrected chi connectivity index (χ3v) is 8.12. The summed E-state index contributed by atoms with van der Waals surface area (Å²) >= 11 is 6.45. The number of nitrogens with zero attached hydrogens (tertiary/aromatic N) is 4. The maximum absolute atomic E-state index is 13.5. The molecule has 260 valence electrons. The van der Waals surface area contributed by atoms with Gasteiger partial charge in [-0.15, -0.1) is 0 Å². The third kappa shape index (κ3) is 10.2. The highest BCUT2D eigenvalue weighted by molar-refractivity contribution is 7.92. The zero-order valence-corrected chi connectivity index (χ0v) is 30.1. The highest BCUT2D eigenvalue weighted by Gasteiger charge is 2.26. The number of nitrogens with one attached hydrogen (secondary N) is 2. The third-order valence-electron chi connectivity index (χ3n) is 7.22. The van der Waals surface area contributed by atoms with Crippen LogP contribution in [-0.2, 0) is 26.7 Å². The Labute approximate surface area is 287 Å². The lowest BCUT2D eigenvalue weighted by Gasteiger charge is -2.35. The van der Waals surface area contributed by atoms with Crippen LogP contribution in [-0.4, -0.2) is 85.3 Å². The molecule has 4 rings (SSSR count). The monoisotopic (exact) mass is 702 g/mol. The zero-order chi connectivity index (χ0) is 35.4. The number of sulfonamides is 1. The molecule has 1 aliphatic rings. The number of piperazine rings is 1. The number of aromatic nitrogens is 2. The van der Waals surface area contributed by atoms with Crippen molar-refractivity contribution in [2.24, 2.45) is 0 Å². The van der Waals surface area contributed by atoms with Gasteiger partial charge in [0.2, 0.25) is 15.9 Å². The van der Waals surface area contributed by atoms with E-state index in [1.807, 2.05) is 41.5 Å². The predicted octanol–water partition coefficient (Wildman–Crippen LogP) is 5.90. The second-order valence-corrected chi connectivity index (χ2v) is 15.7. The number of amides is 2. The summed E-state index contributed by atoms with van der Waals surface area (Å²) in [5.41, 5.74) is 1.28. The van der Waals surface area contributed by atoms with Crippen LogP contribution in [0.4, 0.5) is 16.2 Å². The molecule has 0 aliphatic carbocycles. The second-order valence-electron chi connectivity index (χ2n) is 13.5. The first kappa shape index (κ1) is 36.7. The van der Waals surface area contributed by atoms with Crippen LogP contribution in [0.2, 0.25) is 5.02 Å². The lowest BCUT2D eigenvalue weighted by molar-refractivity contribution is 0.0138. The number of carbonyl (C=O) groups is 2. The van der Waals surface area contributed by atoms with Crippen molar-refractivity contribution in [1.29, 1.82) is 0 Å². The van der Waals surface area contributed by atoms with E-state index < -0.39 is 21.5 Å². The molecule has 2 heterocycles. The van der Waals surface area contributed by atoms with Crippen molar-refractivity contribution in [1.82, 2.24) is 19.8 Å². The molecule has 0 unspecified atom stereocenters. The van der Waals surface area contributed by atoms with E-state index in [2.05, 4.69) is 24.9 Å². The van der Waals surface area contributed by atoms with Gasteiger partial charge in [0.05, 0.1) is 35.5 Å². The molecule has 2 N–H and O–H groups in total. The molecule has 1 saturated heterocycles. The van der Waals surface area contributed by atoms with Gasteiger partial charge in [0.25, 0.3) is 5.91 Å². The first-order chi connectivity index (χ1) is 22.3. The summed E-state index contributed by atoms with van der Waals surface area (Å²) < 4.78 is 43.7. The van der Waals surface area contributed by atoms with Gasteiger partial charge in [-0.25, -0.2) is 23.2 Å². The van der Waals surface area contributed by atoms with Crippen LogP contribution in [0.15, 0.2) is 42.7 Å². The zero-order valence-electron chi connectivity index (χ0n) is 28.5. The summed E-state index contributed by atoms with van der Waals surface area (Å²) in [6.07, 6.45) is 2.11. The summed E-state index contributed by atoms with van der Waals surface area (Å²) in [5.74, 6) is 0.102. The molecule has 0 atom stereocenters. The number of hydrogen-bond acceptors (Lipinski definition) is 10. The van der Waals surface area contributed by atoms with Crippen molar-refractivity contribution in [2.45, 2.75) is 59.1 Å². The van der Waals surface area contributed by atoms with Gasteiger partial charge in [-0.2, -0.15) is 0 Å². The lowest BCUT2D eigenvalue weighted by Crippen LogP contribution is -2.49.